The summed E-state index contributed by atoms with van der Waals surface area (Å²) in [6.45, 7) is 6.32. The van der Waals surface area contributed by atoms with Crippen molar-refractivity contribution >= 4 is 5.97 Å². The topological polar surface area (TPSA) is 26.3 Å². The third-order valence-corrected chi connectivity index (χ3v) is 3.41. The van der Waals surface area contributed by atoms with Gasteiger partial charge >= 0.3 is 5.97 Å². The number of esters is 1. The van der Waals surface area contributed by atoms with Crippen molar-refractivity contribution in [3.63, 3.8) is 0 Å². The molecule has 0 bridgehead atoms. The molecule has 0 unspecified atom stereocenters. The van der Waals surface area contributed by atoms with E-state index >= 15 is 0 Å². The molecule has 1 rings (SSSR count). The van der Waals surface area contributed by atoms with Crippen LogP contribution in [0.1, 0.15) is 72.1 Å². The first kappa shape index (κ1) is 13.5. The minimum Gasteiger partial charge on any atom is -0.459 e. The zero-order chi connectivity index (χ0) is 12.0. The monoisotopic (exact) mass is 226 g/mol. The van der Waals surface area contributed by atoms with Crippen molar-refractivity contribution in [2.24, 2.45) is 5.92 Å². The summed E-state index contributed by atoms with van der Waals surface area (Å²) in [6.07, 6.45) is 8.59. The molecule has 0 saturated heterocycles. The largest absolute Gasteiger partial charge is 0.459 e. The van der Waals surface area contributed by atoms with Crippen LogP contribution in [0, 0.1) is 5.92 Å². The highest BCUT2D eigenvalue weighted by Gasteiger charge is 2.36. The van der Waals surface area contributed by atoms with Crippen LogP contribution in [0.15, 0.2) is 0 Å². The lowest BCUT2D eigenvalue weighted by Gasteiger charge is -2.29. The van der Waals surface area contributed by atoms with Gasteiger partial charge in [-0.1, -0.05) is 27.2 Å². The van der Waals surface area contributed by atoms with Crippen LogP contribution < -0.4 is 0 Å². The van der Waals surface area contributed by atoms with Gasteiger partial charge in [-0.15, -0.1) is 0 Å². The van der Waals surface area contributed by atoms with Crippen LogP contribution in [0.2, 0.25) is 0 Å². The molecule has 2 heteroatoms. The Bertz CT molecular complexity index is 215. The quantitative estimate of drug-likeness (QED) is 0.638. The van der Waals surface area contributed by atoms with E-state index in [9.17, 15) is 4.79 Å². The molecular formula is C14H26O2. The second-order valence-electron chi connectivity index (χ2n) is 5.57. The van der Waals surface area contributed by atoms with E-state index in [1.165, 1.54) is 25.7 Å². The van der Waals surface area contributed by atoms with Crippen LogP contribution in [0.3, 0.4) is 0 Å². The first-order valence-corrected chi connectivity index (χ1v) is 6.80. The maximum Gasteiger partial charge on any atom is 0.306 e. The molecule has 2 nitrogen and oxygen atoms in total. The predicted octanol–water partition coefficient (Wildman–Crippen LogP) is 4.08. The van der Waals surface area contributed by atoms with E-state index in [1.807, 2.05) is 0 Å². The van der Waals surface area contributed by atoms with E-state index in [0.717, 1.165) is 19.3 Å². The Kier molecular flexibility index (Phi) is 5.30. The van der Waals surface area contributed by atoms with Gasteiger partial charge < -0.3 is 4.74 Å². The molecule has 0 atom stereocenters. The standard InChI is InChI=1S/C14H26O2/c1-4-5-8-14(9-6-7-10-14)16-13(15)11-12(2)3/h12H,4-11H2,1-3H3. The second-order valence-corrected chi connectivity index (χ2v) is 5.57. The molecule has 1 aliphatic rings. The number of rotatable bonds is 6. The molecule has 1 saturated carbocycles. The minimum atomic E-state index is -0.0953. The van der Waals surface area contributed by atoms with Crippen LogP contribution in [0.25, 0.3) is 0 Å². The van der Waals surface area contributed by atoms with Crippen molar-refractivity contribution in [2.75, 3.05) is 0 Å². The van der Waals surface area contributed by atoms with Gasteiger partial charge in [0, 0.05) is 6.42 Å². The molecule has 0 amide bonds. The third-order valence-electron chi connectivity index (χ3n) is 3.41. The molecule has 94 valence electrons. The Morgan fingerprint density at radius 3 is 2.44 bits per heavy atom. The van der Waals surface area contributed by atoms with E-state index in [0.29, 0.717) is 12.3 Å². The van der Waals surface area contributed by atoms with Gasteiger partial charge in [-0.05, 0) is 44.4 Å². The van der Waals surface area contributed by atoms with Gasteiger partial charge in [-0.2, -0.15) is 0 Å². The van der Waals surface area contributed by atoms with Crippen LogP contribution in [-0.2, 0) is 9.53 Å². The highest BCUT2D eigenvalue weighted by molar-refractivity contribution is 5.70. The Morgan fingerprint density at radius 1 is 1.31 bits per heavy atom. The first-order chi connectivity index (χ1) is 7.58. The summed E-state index contributed by atoms with van der Waals surface area (Å²) in [5.41, 5.74) is -0.0953. The summed E-state index contributed by atoms with van der Waals surface area (Å²) in [4.78, 5) is 11.8. The molecular weight excluding hydrogens is 200 g/mol. The zero-order valence-electron chi connectivity index (χ0n) is 11.1. The maximum absolute atomic E-state index is 11.8. The molecule has 0 aliphatic heterocycles. The van der Waals surface area contributed by atoms with E-state index < -0.39 is 0 Å². The molecule has 1 aliphatic carbocycles. The lowest BCUT2D eigenvalue weighted by Crippen LogP contribution is -2.32. The highest BCUT2D eigenvalue weighted by atomic mass is 16.6. The van der Waals surface area contributed by atoms with E-state index in [4.69, 9.17) is 4.74 Å². The fourth-order valence-electron chi connectivity index (χ4n) is 2.54. The Labute approximate surface area is 99.8 Å². The normalized spacial score (nSPS) is 19.0. The number of hydrogen-bond acceptors (Lipinski definition) is 2. The molecule has 0 radical (unpaired) electrons. The average molecular weight is 226 g/mol. The van der Waals surface area contributed by atoms with Gasteiger partial charge in [0.05, 0.1) is 0 Å². The van der Waals surface area contributed by atoms with Crippen molar-refractivity contribution in [2.45, 2.75) is 77.7 Å². The molecule has 0 aromatic heterocycles. The summed E-state index contributed by atoms with van der Waals surface area (Å²) in [6, 6.07) is 0. The molecule has 16 heavy (non-hydrogen) atoms. The number of carbonyl (C=O) groups excluding carboxylic acids is 1. The van der Waals surface area contributed by atoms with Crippen LogP contribution in [0.5, 0.6) is 0 Å². The SMILES string of the molecule is CCCCC1(OC(=O)CC(C)C)CCCC1. The van der Waals surface area contributed by atoms with Crippen molar-refractivity contribution in [3.8, 4) is 0 Å². The number of unbranched alkanes of at least 4 members (excludes halogenated alkanes) is 1. The smallest absolute Gasteiger partial charge is 0.306 e. The van der Waals surface area contributed by atoms with Crippen molar-refractivity contribution in [1.29, 1.82) is 0 Å². The molecule has 0 N–H and O–H groups in total. The lowest BCUT2D eigenvalue weighted by molar-refractivity contribution is -0.161. The summed E-state index contributed by atoms with van der Waals surface area (Å²) >= 11 is 0. The van der Waals surface area contributed by atoms with Gasteiger partial charge in [-0.3, -0.25) is 4.79 Å². The second kappa shape index (κ2) is 6.27. The Hall–Kier alpha value is -0.530. The van der Waals surface area contributed by atoms with E-state index in [1.54, 1.807) is 0 Å². The lowest BCUT2D eigenvalue weighted by atomic mass is 9.94. The van der Waals surface area contributed by atoms with E-state index in [2.05, 4.69) is 20.8 Å². The summed E-state index contributed by atoms with van der Waals surface area (Å²) < 4.78 is 5.77. The third kappa shape index (κ3) is 4.15. The van der Waals surface area contributed by atoms with E-state index in [-0.39, 0.29) is 11.6 Å². The summed E-state index contributed by atoms with van der Waals surface area (Å²) in [5.74, 6) is 0.408. The van der Waals surface area contributed by atoms with Crippen molar-refractivity contribution in [1.82, 2.24) is 0 Å². The summed E-state index contributed by atoms with van der Waals surface area (Å²) in [5, 5.41) is 0. The molecule has 0 aromatic carbocycles. The predicted molar refractivity (Wildman–Crippen MR) is 66.3 cm³/mol. The Morgan fingerprint density at radius 2 is 1.94 bits per heavy atom. The van der Waals surface area contributed by atoms with Crippen LogP contribution in [-0.4, -0.2) is 11.6 Å². The van der Waals surface area contributed by atoms with Gasteiger partial charge in [0.25, 0.3) is 0 Å². The first-order valence-electron chi connectivity index (χ1n) is 6.80. The van der Waals surface area contributed by atoms with Crippen molar-refractivity contribution in [3.05, 3.63) is 0 Å². The number of hydrogen-bond donors (Lipinski definition) is 0. The molecule has 0 heterocycles. The van der Waals surface area contributed by atoms with Gasteiger partial charge in [-0.25, -0.2) is 0 Å². The molecule has 0 aromatic rings. The van der Waals surface area contributed by atoms with Crippen LogP contribution in [0.4, 0.5) is 0 Å². The minimum absolute atomic E-state index is 0.00741. The Balaban J connectivity index is 2.47. The van der Waals surface area contributed by atoms with Gasteiger partial charge in [0.15, 0.2) is 0 Å². The number of carbonyl (C=O) groups is 1. The molecule has 0 spiro atoms. The van der Waals surface area contributed by atoms with Crippen molar-refractivity contribution < 1.29 is 9.53 Å². The maximum atomic E-state index is 11.8. The number of ether oxygens (including phenoxy) is 1. The van der Waals surface area contributed by atoms with Gasteiger partial charge in [0.2, 0.25) is 0 Å². The summed E-state index contributed by atoms with van der Waals surface area (Å²) in [7, 11) is 0. The fraction of sp³-hybridized carbons (Fsp3) is 0.929. The highest BCUT2D eigenvalue weighted by Crippen LogP contribution is 2.37. The zero-order valence-corrected chi connectivity index (χ0v) is 11.1. The average Bonchev–Trinajstić information content (AvgIpc) is 2.62. The van der Waals surface area contributed by atoms with Gasteiger partial charge in [0.1, 0.15) is 5.60 Å². The fourth-order valence-corrected chi connectivity index (χ4v) is 2.54. The van der Waals surface area contributed by atoms with Crippen LogP contribution >= 0.6 is 0 Å². The molecule has 1 fully saturated rings.